The third-order valence-electron chi connectivity index (χ3n) is 6.81. The van der Waals surface area contributed by atoms with Crippen LogP contribution in [0.4, 0.5) is 24.9 Å². The smallest absolute Gasteiger partial charge is 0.390 e. The van der Waals surface area contributed by atoms with Crippen molar-refractivity contribution in [3.63, 3.8) is 0 Å². The molecule has 1 saturated carbocycles. The highest BCUT2D eigenvalue weighted by molar-refractivity contribution is 7.89. The molecule has 38 heavy (non-hydrogen) atoms. The van der Waals surface area contributed by atoms with Crippen molar-refractivity contribution in [1.29, 1.82) is 0 Å². The summed E-state index contributed by atoms with van der Waals surface area (Å²) in [5, 5.41) is 27.4. The summed E-state index contributed by atoms with van der Waals surface area (Å²) in [6.45, 7) is 0.739. The van der Waals surface area contributed by atoms with Crippen LogP contribution in [0.1, 0.15) is 18.5 Å². The Morgan fingerprint density at radius 1 is 1.16 bits per heavy atom. The molecule has 4 atom stereocenters. The fraction of sp³-hybridized carbons (Fsp3) is 0.522. The lowest BCUT2D eigenvalue weighted by Gasteiger charge is -2.22. The van der Waals surface area contributed by atoms with Gasteiger partial charge in [0.25, 0.3) is 0 Å². The van der Waals surface area contributed by atoms with Gasteiger partial charge in [0.1, 0.15) is 23.5 Å². The molecule has 3 aromatic rings. The van der Waals surface area contributed by atoms with E-state index >= 15 is 0 Å². The second-order valence-electron chi connectivity index (χ2n) is 9.57. The fourth-order valence-corrected chi connectivity index (χ4v) is 7.59. The van der Waals surface area contributed by atoms with Gasteiger partial charge in [-0.25, -0.2) is 22.7 Å². The molecular formula is C23H27F3N6O4S2. The summed E-state index contributed by atoms with van der Waals surface area (Å²) >= 11 is 1.37. The van der Waals surface area contributed by atoms with Gasteiger partial charge in [0.15, 0.2) is 0 Å². The van der Waals surface area contributed by atoms with Crippen molar-refractivity contribution in [3.05, 3.63) is 30.0 Å². The van der Waals surface area contributed by atoms with E-state index in [-0.39, 0.29) is 30.5 Å². The Hall–Kier alpha value is -2.59. The summed E-state index contributed by atoms with van der Waals surface area (Å²) in [6.07, 6.45) is -6.20. The first kappa shape index (κ1) is 27.0. The molecule has 2 aromatic heterocycles. The van der Waals surface area contributed by atoms with E-state index in [4.69, 9.17) is 0 Å². The molecule has 206 valence electrons. The quantitative estimate of drug-likeness (QED) is 0.336. The molecule has 1 saturated heterocycles. The van der Waals surface area contributed by atoms with Gasteiger partial charge in [-0.2, -0.15) is 18.2 Å². The number of benzene rings is 1. The zero-order valence-corrected chi connectivity index (χ0v) is 21.9. The van der Waals surface area contributed by atoms with Crippen LogP contribution in [-0.4, -0.2) is 87.7 Å². The van der Waals surface area contributed by atoms with E-state index in [0.717, 1.165) is 10.2 Å². The van der Waals surface area contributed by atoms with Crippen LogP contribution in [-0.2, 0) is 10.0 Å². The van der Waals surface area contributed by atoms with Gasteiger partial charge in [-0.15, -0.1) is 11.3 Å². The van der Waals surface area contributed by atoms with Crippen molar-refractivity contribution in [2.75, 3.05) is 36.0 Å². The summed E-state index contributed by atoms with van der Waals surface area (Å²) in [6, 6.07) is 6.71. The molecule has 3 heterocycles. The summed E-state index contributed by atoms with van der Waals surface area (Å²) in [7, 11) is -3.38. The van der Waals surface area contributed by atoms with Gasteiger partial charge in [-0.3, -0.25) is 0 Å². The third kappa shape index (κ3) is 5.57. The van der Waals surface area contributed by atoms with Crippen molar-refractivity contribution in [2.24, 2.45) is 5.92 Å². The van der Waals surface area contributed by atoms with Crippen LogP contribution < -0.4 is 10.6 Å². The summed E-state index contributed by atoms with van der Waals surface area (Å²) in [4.78, 5) is 13.1. The Labute approximate surface area is 221 Å². The number of aryl methyl sites for hydroxylation is 1. The van der Waals surface area contributed by atoms with E-state index in [9.17, 15) is 31.8 Å². The molecule has 10 nitrogen and oxygen atoms in total. The van der Waals surface area contributed by atoms with Crippen molar-refractivity contribution >= 4 is 43.3 Å². The number of halogens is 3. The predicted octanol–water partition coefficient (Wildman–Crippen LogP) is 2.59. The molecule has 2 aliphatic rings. The number of hydrogen-bond acceptors (Lipinski definition) is 10. The lowest BCUT2D eigenvalue weighted by atomic mass is 10.1. The number of anilines is 2. The maximum Gasteiger partial charge on any atom is 0.405 e. The Morgan fingerprint density at radius 2 is 1.92 bits per heavy atom. The lowest BCUT2D eigenvalue weighted by molar-refractivity contribution is -0.115. The largest absolute Gasteiger partial charge is 0.405 e. The molecule has 0 spiro atoms. The Balaban J connectivity index is 1.46. The minimum atomic E-state index is -4.48. The number of thiazole rings is 1. The summed E-state index contributed by atoms with van der Waals surface area (Å²) in [5.74, 6) is -0.571. The van der Waals surface area contributed by atoms with E-state index in [0.29, 0.717) is 29.2 Å². The van der Waals surface area contributed by atoms with Gasteiger partial charge < -0.3 is 20.8 Å². The molecule has 5 rings (SSSR count). The van der Waals surface area contributed by atoms with Crippen LogP contribution >= 0.6 is 11.3 Å². The molecule has 4 unspecified atom stereocenters. The second kappa shape index (κ2) is 10.2. The van der Waals surface area contributed by atoms with Crippen molar-refractivity contribution < 1.29 is 31.8 Å². The number of fused-ring (bicyclic) bond motifs is 1. The lowest BCUT2D eigenvalue weighted by Crippen LogP contribution is -2.38. The maximum atomic E-state index is 12.8. The Morgan fingerprint density at radius 3 is 2.61 bits per heavy atom. The molecule has 1 aliphatic heterocycles. The number of alkyl halides is 3. The van der Waals surface area contributed by atoms with Crippen LogP contribution in [0.25, 0.3) is 20.8 Å². The molecule has 0 bridgehead atoms. The predicted molar refractivity (Wildman–Crippen MR) is 137 cm³/mol. The van der Waals surface area contributed by atoms with Gasteiger partial charge >= 0.3 is 6.18 Å². The average molecular weight is 573 g/mol. The SMILES string of the molecule is Cc1nc(NCC(F)(F)F)nc(NC2CC(CN3CCCS3(=O)=O)C(O)C2O)c1-c1nc2ccccc2s1. The first-order valence-electron chi connectivity index (χ1n) is 12.1. The van der Waals surface area contributed by atoms with Gasteiger partial charge in [0, 0.05) is 19.0 Å². The summed E-state index contributed by atoms with van der Waals surface area (Å²) < 4.78 is 65.3. The van der Waals surface area contributed by atoms with Crippen LogP contribution in [0.5, 0.6) is 0 Å². The minimum absolute atomic E-state index is 0.0550. The Bertz CT molecular complexity index is 1400. The number of aliphatic hydroxyl groups excluding tert-OH is 2. The van der Waals surface area contributed by atoms with Crippen LogP contribution in [0, 0.1) is 12.8 Å². The normalized spacial score (nSPS) is 25.7. The number of nitrogens with zero attached hydrogens (tertiary/aromatic N) is 4. The molecule has 15 heteroatoms. The van der Waals surface area contributed by atoms with Gasteiger partial charge in [0.2, 0.25) is 16.0 Å². The third-order valence-corrected chi connectivity index (χ3v) is 9.79. The molecular weight excluding hydrogens is 545 g/mol. The van der Waals surface area contributed by atoms with E-state index in [1.807, 2.05) is 24.3 Å². The molecule has 2 fully saturated rings. The van der Waals surface area contributed by atoms with E-state index in [1.165, 1.54) is 15.6 Å². The average Bonchev–Trinajstić information content (AvgIpc) is 3.49. The first-order valence-corrected chi connectivity index (χ1v) is 14.5. The second-order valence-corrected chi connectivity index (χ2v) is 12.7. The maximum absolute atomic E-state index is 12.8. The number of para-hydroxylation sites is 1. The van der Waals surface area contributed by atoms with Gasteiger partial charge in [-0.05, 0) is 31.9 Å². The van der Waals surface area contributed by atoms with Crippen LogP contribution in [0.15, 0.2) is 24.3 Å². The number of hydrogen-bond donors (Lipinski definition) is 4. The first-order chi connectivity index (χ1) is 17.9. The van der Waals surface area contributed by atoms with Crippen molar-refractivity contribution in [1.82, 2.24) is 19.3 Å². The molecule has 0 amide bonds. The number of rotatable bonds is 7. The topological polar surface area (TPSA) is 141 Å². The minimum Gasteiger partial charge on any atom is -0.390 e. The number of aromatic nitrogens is 3. The van der Waals surface area contributed by atoms with Crippen molar-refractivity contribution in [3.8, 4) is 10.6 Å². The molecule has 0 radical (unpaired) electrons. The van der Waals surface area contributed by atoms with E-state index in [2.05, 4.69) is 25.6 Å². The van der Waals surface area contributed by atoms with Gasteiger partial charge in [0.05, 0.1) is 39.4 Å². The standard InChI is InChI=1S/C23H27F3N6O4S2/c1-12-17(21-30-14-5-2-3-6-16(14)37-21)20(31-22(28-12)27-11-23(24,25)26)29-15-9-13(18(33)19(15)34)10-32-7-4-8-38(32,35)36/h2-3,5-6,13,15,18-19,33-34H,4,7-11H2,1H3,(H2,27,28,29,31). The van der Waals surface area contributed by atoms with Crippen LogP contribution in [0.3, 0.4) is 0 Å². The van der Waals surface area contributed by atoms with Gasteiger partial charge in [-0.1, -0.05) is 12.1 Å². The number of aliphatic hydroxyl groups is 2. The number of nitrogens with one attached hydrogen (secondary N) is 2. The molecule has 1 aliphatic carbocycles. The number of sulfonamides is 1. The van der Waals surface area contributed by atoms with Crippen LogP contribution in [0.2, 0.25) is 0 Å². The fourth-order valence-electron chi connectivity index (χ4n) is 4.95. The molecule has 4 N–H and O–H groups in total. The summed E-state index contributed by atoms with van der Waals surface area (Å²) in [5.41, 5.74) is 1.58. The highest BCUT2D eigenvalue weighted by atomic mass is 32.2. The van der Waals surface area contributed by atoms with E-state index in [1.54, 1.807) is 6.92 Å². The zero-order chi connectivity index (χ0) is 27.2. The highest BCUT2D eigenvalue weighted by Crippen LogP contribution is 2.38. The zero-order valence-electron chi connectivity index (χ0n) is 20.3. The van der Waals surface area contributed by atoms with Crippen molar-refractivity contribution in [2.45, 2.75) is 44.2 Å². The monoisotopic (exact) mass is 572 g/mol. The highest BCUT2D eigenvalue weighted by Gasteiger charge is 2.44. The Kier molecular flexibility index (Phi) is 7.24. The molecule has 1 aromatic carbocycles. The van der Waals surface area contributed by atoms with E-state index < -0.39 is 46.9 Å².